The first-order valence-corrected chi connectivity index (χ1v) is 5.38. The summed E-state index contributed by atoms with van der Waals surface area (Å²) in [4.78, 5) is 31.7. The maximum Gasteiger partial charge on any atom is 0.210 e. The number of carbonyl (C=O) groups excluding carboxylic acids is 2. The molecule has 0 spiro atoms. The van der Waals surface area contributed by atoms with Crippen molar-refractivity contribution in [3.63, 3.8) is 0 Å². The van der Waals surface area contributed by atoms with Gasteiger partial charge in [0.05, 0.1) is 5.92 Å². The van der Waals surface area contributed by atoms with Crippen molar-refractivity contribution in [3.05, 3.63) is 24.3 Å². The Morgan fingerprint density at radius 1 is 1.38 bits per heavy atom. The van der Waals surface area contributed by atoms with Gasteiger partial charge in [-0.2, -0.15) is 0 Å². The Morgan fingerprint density at radius 2 is 2.00 bits per heavy atom. The van der Waals surface area contributed by atoms with Crippen LogP contribution in [-0.4, -0.2) is 21.5 Å². The third-order valence-corrected chi connectivity index (χ3v) is 3.14. The molecule has 0 aromatic carbocycles. The summed E-state index contributed by atoms with van der Waals surface area (Å²) in [5.41, 5.74) is -0.380. The van der Waals surface area contributed by atoms with E-state index in [9.17, 15) is 9.59 Å². The number of Topliss-reactive ketones (excluding diaryl/α,β-unsaturated/α-hetero) is 2. The quantitative estimate of drug-likeness (QED) is 0.559. The number of hydrogen-bond donors (Lipinski definition) is 0. The maximum absolute atomic E-state index is 12.0. The van der Waals surface area contributed by atoms with Crippen LogP contribution in [0.4, 0.5) is 0 Å². The molecule has 1 aliphatic rings. The monoisotopic (exact) mass is 218 g/mol. The van der Waals surface area contributed by atoms with Crippen molar-refractivity contribution in [1.29, 1.82) is 0 Å². The van der Waals surface area contributed by atoms with Crippen molar-refractivity contribution in [1.82, 2.24) is 9.97 Å². The first-order chi connectivity index (χ1) is 7.52. The van der Waals surface area contributed by atoms with Gasteiger partial charge in [-0.3, -0.25) is 9.59 Å². The van der Waals surface area contributed by atoms with Crippen LogP contribution in [0, 0.1) is 11.3 Å². The van der Waals surface area contributed by atoms with Crippen LogP contribution in [0.1, 0.15) is 37.3 Å². The molecule has 16 heavy (non-hydrogen) atoms. The molecule has 1 unspecified atom stereocenters. The Hall–Kier alpha value is -1.58. The van der Waals surface area contributed by atoms with Gasteiger partial charge in [-0.15, -0.1) is 0 Å². The first kappa shape index (κ1) is 10.9. The molecule has 4 nitrogen and oxygen atoms in total. The van der Waals surface area contributed by atoms with Crippen molar-refractivity contribution >= 4 is 11.6 Å². The van der Waals surface area contributed by atoms with Gasteiger partial charge in [0.2, 0.25) is 5.78 Å². The summed E-state index contributed by atoms with van der Waals surface area (Å²) in [5, 5.41) is 0. The van der Waals surface area contributed by atoms with Gasteiger partial charge in [-0.25, -0.2) is 9.97 Å². The Kier molecular flexibility index (Phi) is 2.58. The molecule has 1 aliphatic carbocycles. The molecule has 0 aliphatic heterocycles. The molecule has 1 fully saturated rings. The van der Waals surface area contributed by atoms with Gasteiger partial charge in [0.1, 0.15) is 5.78 Å². The average molecular weight is 218 g/mol. The summed E-state index contributed by atoms with van der Waals surface area (Å²) < 4.78 is 0. The molecule has 4 heteroatoms. The molecular formula is C12H14N2O2. The maximum atomic E-state index is 12.0. The minimum atomic E-state index is -0.544. The molecule has 0 saturated heterocycles. The van der Waals surface area contributed by atoms with E-state index in [1.165, 1.54) is 12.4 Å². The zero-order valence-corrected chi connectivity index (χ0v) is 9.43. The lowest BCUT2D eigenvalue weighted by Gasteiger charge is -2.14. The average Bonchev–Trinajstić information content (AvgIpc) is 2.55. The van der Waals surface area contributed by atoms with E-state index in [-0.39, 0.29) is 22.8 Å². The standard InChI is InChI=1S/C12H14N2O2/c1-12(2)5-4-8(10(12)16)9(15)11-13-6-3-7-14-11/h3,6-8H,4-5H2,1-2H3. The molecule has 0 amide bonds. The number of hydrogen-bond acceptors (Lipinski definition) is 4. The van der Waals surface area contributed by atoms with Gasteiger partial charge in [-0.1, -0.05) is 13.8 Å². The van der Waals surface area contributed by atoms with E-state index in [2.05, 4.69) is 9.97 Å². The lowest BCUT2D eigenvalue weighted by Crippen LogP contribution is -2.27. The van der Waals surface area contributed by atoms with Crippen LogP contribution in [0.15, 0.2) is 18.5 Å². The Morgan fingerprint density at radius 3 is 2.50 bits per heavy atom. The summed E-state index contributed by atoms with van der Waals surface area (Å²) in [6.45, 7) is 3.77. The van der Waals surface area contributed by atoms with Crippen LogP contribution in [0.5, 0.6) is 0 Å². The number of ketones is 2. The largest absolute Gasteiger partial charge is 0.298 e. The molecule has 1 atom stereocenters. The smallest absolute Gasteiger partial charge is 0.210 e. The van der Waals surface area contributed by atoms with E-state index in [0.29, 0.717) is 6.42 Å². The van der Waals surface area contributed by atoms with Gasteiger partial charge in [0.15, 0.2) is 5.82 Å². The van der Waals surface area contributed by atoms with Crippen LogP contribution in [0.3, 0.4) is 0 Å². The Labute approximate surface area is 94.1 Å². The third kappa shape index (κ3) is 1.75. The van der Waals surface area contributed by atoms with E-state index in [0.717, 1.165) is 6.42 Å². The van der Waals surface area contributed by atoms with Gasteiger partial charge in [0, 0.05) is 17.8 Å². The molecule has 1 heterocycles. The molecule has 1 aromatic heterocycles. The molecule has 0 bridgehead atoms. The van der Waals surface area contributed by atoms with Crippen molar-refractivity contribution in [2.45, 2.75) is 26.7 Å². The zero-order valence-electron chi connectivity index (χ0n) is 9.43. The van der Waals surface area contributed by atoms with Crippen molar-refractivity contribution in [3.8, 4) is 0 Å². The van der Waals surface area contributed by atoms with Crippen LogP contribution in [0.25, 0.3) is 0 Å². The van der Waals surface area contributed by atoms with Crippen LogP contribution in [0.2, 0.25) is 0 Å². The van der Waals surface area contributed by atoms with E-state index in [1.54, 1.807) is 6.07 Å². The summed E-state index contributed by atoms with van der Waals surface area (Å²) in [7, 11) is 0. The number of carbonyl (C=O) groups is 2. The molecule has 1 saturated carbocycles. The summed E-state index contributed by atoms with van der Waals surface area (Å²) in [6, 6.07) is 1.65. The fourth-order valence-electron chi connectivity index (χ4n) is 2.06. The lowest BCUT2D eigenvalue weighted by molar-refractivity contribution is -0.126. The SMILES string of the molecule is CC1(C)CCC(C(=O)c2ncccn2)C1=O. The highest BCUT2D eigenvalue weighted by molar-refractivity contribution is 6.11. The van der Waals surface area contributed by atoms with E-state index >= 15 is 0 Å². The first-order valence-electron chi connectivity index (χ1n) is 5.38. The van der Waals surface area contributed by atoms with Crippen molar-refractivity contribution in [2.75, 3.05) is 0 Å². The molecule has 0 radical (unpaired) electrons. The molecular weight excluding hydrogens is 204 g/mol. The molecule has 84 valence electrons. The van der Waals surface area contributed by atoms with E-state index < -0.39 is 5.92 Å². The topological polar surface area (TPSA) is 59.9 Å². The predicted molar refractivity (Wildman–Crippen MR) is 57.9 cm³/mol. The highest BCUT2D eigenvalue weighted by Gasteiger charge is 2.44. The minimum Gasteiger partial charge on any atom is -0.298 e. The predicted octanol–water partition coefficient (Wildman–Crippen LogP) is 1.66. The van der Waals surface area contributed by atoms with Crippen LogP contribution < -0.4 is 0 Å². The highest BCUT2D eigenvalue weighted by atomic mass is 16.2. The van der Waals surface area contributed by atoms with Crippen molar-refractivity contribution < 1.29 is 9.59 Å². The summed E-state index contributed by atoms with van der Waals surface area (Å²) in [6.07, 6.45) is 4.41. The second-order valence-electron chi connectivity index (χ2n) is 4.78. The fourth-order valence-corrected chi connectivity index (χ4v) is 2.06. The van der Waals surface area contributed by atoms with E-state index in [4.69, 9.17) is 0 Å². The highest BCUT2D eigenvalue weighted by Crippen LogP contribution is 2.38. The Bertz CT molecular complexity index is 426. The Balaban J connectivity index is 2.23. The summed E-state index contributed by atoms with van der Waals surface area (Å²) >= 11 is 0. The minimum absolute atomic E-state index is 0.0185. The number of aromatic nitrogens is 2. The fraction of sp³-hybridized carbons (Fsp3) is 0.500. The number of nitrogens with zero attached hydrogens (tertiary/aromatic N) is 2. The second kappa shape index (κ2) is 3.77. The van der Waals surface area contributed by atoms with Crippen LogP contribution in [-0.2, 0) is 4.79 Å². The normalized spacial score (nSPS) is 23.4. The molecule has 1 aromatic rings. The molecule has 2 rings (SSSR count). The molecule has 0 N–H and O–H groups in total. The van der Waals surface area contributed by atoms with Gasteiger partial charge in [-0.05, 0) is 18.9 Å². The zero-order chi connectivity index (χ0) is 11.8. The van der Waals surface area contributed by atoms with Crippen LogP contribution >= 0.6 is 0 Å². The van der Waals surface area contributed by atoms with Gasteiger partial charge < -0.3 is 0 Å². The summed E-state index contributed by atoms with van der Waals surface area (Å²) in [5.74, 6) is -0.614. The van der Waals surface area contributed by atoms with Gasteiger partial charge in [0.25, 0.3) is 0 Å². The van der Waals surface area contributed by atoms with Gasteiger partial charge >= 0.3 is 0 Å². The van der Waals surface area contributed by atoms with E-state index in [1.807, 2.05) is 13.8 Å². The third-order valence-electron chi connectivity index (χ3n) is 3.14. The number of rotatable bonds is 2. The lowest BCUT2D eigenvalue weighted by atomic mass is 9.88. The second-order valence-corrected chi connectivity index (χ2v) is 4.78. The van der Waals surface area contributed by atoms with Crippen molar-refractivity contribution in [2.24, 2.45) is 11.3 Å².